The number of anilines is 3. The first-order valence-corrected chi connectivity index (χ1v) is 22.7. The van der Waals surface area contributed by atoms with Crippen molar-refractivity contribution >= 4 is 82.1 Å². The highest BCUT2D eigenvalue weighted by Gasteiger charge is 2.24. The first-order valence-electron chi connectivity index (χ1n) is 22.7. The number of nitrogens with zero attached hydrogens (tertiary/aromatic N) is 1. The van der Waals surface area contributed by atoms with Crippen molar-refractivity contribution in [2.45, 2.75) is 0 Å². The first kappa shape index (κ1) is 37.8. The quantitative estimate of drug-likeness (QED) is 0.149. The minimum Gasteiger partial charge on any atom is -0.455 e. The summed E-state index contributed by atoms with van der Waals surface area (Å²) in [5, 5.41) is 12.2. The van der Waals surface area contributed by atoms with E-state index in [1.165, 1.54) is 59.8 Å². The van der Waals surface area contributed by atoms with Crippen molar-refractivity contribution in [2.24, 2.45) is 0 Å². The van der Waals surface area contributed by atoms with E-state index in [1.807, 2.05) is 0 Å². The lowest BCUT2D eigenvalue weighted by Gasteiger charge is -2.29. The van der Waals surface area contributed by atoms with Gasteiger partial charge in [0.1, 0.15) is 11.2 Å². The molecule has 0 unspecified atom stereocenters. The standard InChI is InChI=1S/C64H41NO/c1-2-15-42(16-3-1)44-29-32-45(33-30-44)51-21-10-12-27-60(51)65(61-38-37-52(49-34-31-43-17-4-5-18-46(43)39-49)64-63(61)58-26-11-13-28-62(58)66-64)50-20-14-19-47(40-50)48-35-36-57-55-24-7-6-22-53(55)54-23-8-9-25-56(54)59(57)41-48/h1-41H. The van der Waals surface area contributed by atoms with Crippen molar-refractivity contribution in [3.05, 3.63) is 249 Å². The van der Waals surface area contributed by atoms with Gasteiger partial charge in [-0.3, -0.25) is 0 Å². The van der Waals surface area contributed by atoms with Crippen LogP contribution in [0, 0.1) is 0 Å². The molecule has 1 heterocycles. The lowest BCUT2D eigenvalue weighted by Crippen LogP contribution is -2.12. The van der Waals surface area contributed by atoms with E-state index in [0.717, 1.165) is 66.8 Å². The summed E-state index contributed by atoms with van der Waals surface area (Å²) in [6.07, 6.45) is 0. The smallest absolute Gasteiger partial charge is 0.145 e. The molecule has 0 saturated carbocycles. The maximum atomic E-state index is 6.96. The van der Waals surface area contributed by atoms with Crippen LogP contribution in [0.15, 0.2) is 253 Å². The highest BCUT2D eigenvalue weighted by atomic mass is 16.3. The Labute approximate surface area is 382 Å². The average Bonchev–Trinajstić information content (AvgIpc) is 3.79. The zero-order valence-electron chi connectivity index (χ0n) is 36.0. The largest absolute Gasteiger partial charge is 0.455 e. The van der Waals surface area contributed by atoms with E-state index in [0.29, 0.717) is 0 Å². The molecule has 0 atom stereocenters. The van der Waals surface area contributed by atoms with Crippen LogP contribution in [-0.4, -0.2) is 0 Å². The van der Waals surface area contributed by atoms with Gasteiger partial charge < -0.3 is 9.32 Å². The van der Waals surface area contributed by atoms with Crippen LogP contribution in [0.5, 0.6) is 0 Å². The molecule has 66 heavy (non-hydrogen) atoms. The highest BCUT2D eigenvalue weighted by molar-refractivity contribution is 6.26. The van der Waals surface area contributed by atoms with E-state index in [4.69, 9.17) is 4.42 Å². The van der Waals surface area contributed by atoms with Crippen LogP contribution in [-0.2, 0) is 0 Å². The summed E-state index contributed by atoms with van der Waals surface area (Å²) in [5.74, 6) is 0. The summed E-state index contributed by atoms with van der Waals surface area (Å²) in [4.78, 5) is 2.45. The number of hydrogen-bond acceptors (Lipinski definition) is 2. The van der Waals surface area contributed by atoms with E-state index >= 15 is 0 Å². The number of hydrogen-bond donors (Lipinski definition) is 0. The summed E-state index contributed by atoms with van der Waals surface area (Å²) in [5.41, 5.74) is 14.0. The van der Waals surface area contributed by atoms with Gasteiger partial charge in [0.15, 0.2) is 0 Å². The van der Waals surface area contributed by atoms with E-state index in [2.05, 4.69) is 254 Å². The third-order valence-corrected chi connectivity index (χ3v) is 13.4. The fraction of sp³-hybridized carbons (Fsp3) is 0. The van der Waals surface area contributed by atoms with Crippen LogP contribution < -0.4 is 4.90 Å². The molecule has 12 aromatic carbocycles. The lowest BCUT2D eigenvalue weighted by molar-refractivity contribution is 0.670. The molecular weight excluding hydrogens is 799 g/mol. The van der Waals surface area contributed by atoms with Gasteiger partial charge in [-0.15, -0.1) is 0 Å². The van der Waals surface area contributed by atoms with Crippen LogP contribution in [0.1, 0.15) is 0 Å². The number of furan rings is 1. The molecule has 2 heteroatoms. The number of rotatable bonds is 7. The molecule has 0 aliphatic carbocycles. The molecule has 0 amide bonds. The molecule has 0 N–H and O–H groups in total. The summed E-state index contributed by atoms with van der Waals surface area (Å²) in [6, 6.07) is 90.2. The van der Waals surface area contributed by atoms with Gasteiger partial charge in [0.05, 0.1) is 16.8 Å². The molecule has 13 aromatic rings. The molecule has 0 radical (unpaired) electrons. The van der Waals surface area contributed by atoms with Gasteiger partial charge >= 0.3 is 0 Å². The maximum Gasteiger partial charge on any atom is 0.145 e. The fourth-order valence-corrected chi connectivity index (χ4v) is 10.3. The molecule has 0 bridgehead atoms. The molecule has 0 spiro atoms. The van der Waals surface area contributed by atoms with Gasteiger partial charge in [0, 0.05) is 22.2 Å². The third kappa shape index (κ3) is 6.26. The van der Waals surface area contributed by atoms with E-state index in [9.17, 15) is 0 Å². The van der Waals surface area contributed by atoms with Crippen molar-refractivity contribution in [1.29, 1.82) is 0 Å². The summed E-state index contributed by atoms with van der Waals surface area (Å²) in [6.45, 7) is 0. The van der Waals surface area contributed by atoms with Crippen molar-refractivity contribution in [1.82, 2.24) is 0 Å². The average molecular weight is 840 g/mol. The highest BCUT2D eigenvalue weighted by Crippen LogP contribution is 2.49. The Kier molecular flexibility index (Phi) is 8.89. The molecule has 0 fully saturated rings. The molecule has 0 aliphatic heterocycles. The van der Waals surface area contributed by atoms with Crippen LogP contribution in [0.2, 0.25) is 0 Å². The van der Waals surface area contributed by atoms with Crippen molar-refractivity contribution in [3.8, 4) is 44.5 Å². The van der Waals surface area contributed by atoms with Gasteiger partial charge in [-0.2, -0.15) is 0 Å². The molecule has 2 nitrogen and oxygen atoms in total. The SMILES string of the molecule is c1ccc(-c2ccc(-c3ccccc3N(c3cccc(-c4ccc5c6ccccc6c6ccccc6c5c4)c3)c3ccc(-c4ccc5ccccc5c4)c4oc5ccccc5c34)cc2)cc1. The second-order valence-corrected chi connectivity index (χ2v) is 17.2. The summed E-state index contributed by atoms with van der Waals surface area (Å²) in [7, 11) is 0. The maximum absolute atomic E-state index is 6.96. The predicted molar refractivity (Wildman–Crippen MR) is 280 cm³/mol. The molecule has 1 aromatic heterocycles. The topological polar surface area (TPSA) is 16.4 Å². The normalized spacial score (nSPS) is 11.6. The van der Waals surface area contributed by atoms with E-state index in [1.54, 1.807) is 0 Å². The second-order valence-electron chi connectivity index (χ2n) is 17.2. The van der Waals surface area contributed by atoms with Gasteiger partial charge in [-0.25, -0.2) is 0 Å². The van der Waals surface area contributed by atoms with Crippen LogP contribution in [0.3, 0.4) is 0 Å². The number of para-hydroxylation sites is 2. The first-order chi connectivity index (χ1) is 32.7. The summed E-state index contributed by atoms with van der Waals surface area (Å²) >= 11 is 0. The second kappa shape index (κ2) is 15.5. The Morgan fingerprint density at radius 3 is 1.62 bits per heavy atom. The zero-order valence-corrected chi connectivity index (χ0v) is 36.0. The zero-order chi connectivity index (χ0) is 43.6. The minimum atomic E-state index is 0.858. The van der Waals surface area contributed by atoms with Crippen molar-refractivity contribution in [3.63, 3.8) is 0 Å². The molecule has 308 valence electrons. The fourth-order valence-electron chi connectivity index (χ4n) is 10.3. The molecule has 13 rings (SSSR count). The Bertz CT molecular complexity index is 3960. The van der Waals surface area contributed by atoms with E-state index < -0.39 is 0 Å². The molecule has 0 saturated heterocycles. The monoisotopic (exact) mass is 839 g/mol. The van der Waals surface area contributed by atoms with E-state index in [-0.39, 0.29) is 0 Å². The van der Waals surface area contributed by atoms with Crippen molar-refractivity contribution in [2.75, 3.05) is 4.90 Å². The molecular formula is C64H41NO. The van der Waals surface area contributed by atoms with Crippen LogP contribution in [0.4, 0.5) is 17.1 Å². The van der Waals surface area contributed by atoms with Gasteiger partial charge in [-0.05, 0) is 125 Å². The van der Waals surface area contributed by atoms with Crippen molar-refractivity contribution < 1.29 is 4.42 Å². The summed E-state index contributed by atoms with van der Waals surface area (Å²) < 4.78 is 6.96. The predicted octanol–water partition coefficient (Wildman–Crippen LogP) is 18.3. The third-order valence-electron chi connectivity index (χ3n) is 13.4. The van der Waals surface area contributed by atoms with Crippen LogP contribution in [0.25, 0.3) is 110 Å². The Balaban J connectivity index is 1.04. The van der Waals surface area contributed by atoms with Gasteiger partial charge in [0.25, 0.3) is 0 Å². The number of benzene rings is 12. The lowest BCUT2D eigenvalue weighted by atomic mass is 9.92. The van der Waals surface area contributed by atoms with Gasteiger partial charge in [-0.1, -0.05) is 200 Å². The van der Waals surface area contributed by atoms with Gasteiger partial charge in [0.2, 0.25) is 0 Å². The Morgan fingerprint density at radius 2 is 0.833 bits per heavy atom. The molecule has 0 aliphatic rings. The van der Waals surface area contributed by atoms with Crippen LogP contribution >= 0.6 is 0 Å². The minimum absolute atomic E-state index is 0.858. The Morgan fingerprint density at radius 1 is 0.273 bits per heavy atom. The Hall–Kier alpha value is -8.72. The number of fused-ring (bicyclic) bond motifs is 10.